The summed E-state index contributed by atoms with van der Waals surface area (Å²) in [5.74, 6) is 0.0766. The van der Waals surface area contributed by atoms with Crippen LogP contribution in [0.3, 0.4) is 0 Å². The first kappa shape index (κ1) is 17.8. The summed E-state index contributed by atoms with van der Waals surface area (Å²) in [6.45, 7) is 5.58. The molecule has 0 aromatic carbocycles. The molecule has 134 valence electrons. The van der Waals surface area contributed by atoms with Gasteiger partial charge in [0.1, 0.15) is 4.21 Å². The third kappa shape index (κ3) is 3.82. The van der Waals surface area contributed by atoms with E-state index in [9.17, 15) is 13.2 Å². The van der Waals surface area contributed by atoms with Gasteiger partial charge < -0.3 is 10.2 Å². The molecule has 0 bridgehead atoms. The topological polar surface area (TPSA) is 69.7 Å². The predicted molar refractivity (Wildman–Crippen MR) is 94.7 cm³/mol. The number of hydrogen-bond acceptors (Lipinski definition) is 5. The number of amides is 1. The van der Waals surface area contributed by atoms with Gasteiger partial charge in [-0.1, -0.05) is 6.42 Å². The number of carbonyl (C=O) groups excluding carboxylic acids is 1. The molecule has 0 unspecified atom stereocenters. The Bertz CT molecular complexity index is 680. The van der Waals surface area contributed by atoms with Crippen LogP contribution in [0.1, 0.15) is 31.1 Å². The monoisotopic (exact) mass is 371 g/mol. The highest BCUT2D eigenvalue weighted by atomic mass is 32.2. The molecule has 0 spiro atoms. The van der Waals surface area contributed by atoms with Gasteiger partial charge in [0, 0.05) is 43.6 Å². The van der Waals surface area contributed by atoms with E-state index in [2.05, 4.69) is 5.32 Å². The van der Waals surface area contributed by atoms with E-state index < -0.39 is 10.0 Å². The molecule has 1 N–H and O–H groups in total. The summed E-state index contributed by atoms with van der Waals surface area (Å²) in [7, 11) is -3.40. The second-order valence-corrected chi connectivity index (χ2v) is 9.84. The summed E-state index contributed by atoms with van der Waals surface area (Å²) in [5.41, 5.74) is 0. The molecule has 1 aromatic rings. The number of piperidine rings is 1. The molecule has 2 saturated heterocycles. The van der Waals surface area contributed by atoms with Crippen LogP contribution in [0, 0.1) is 0 Å². The lowest BCUT2D eigenvalue weighted by Crippen LogP contribution is -2.52. The summed E-state index contributed by atoms with van der Waals surface area (Å²) >= 11 is 1.23. The molecule has 2 aliphatic heterocycles. The van der Waals surface area contributed by atoms with Gasteiger partial charge in [0.05, 0.1) is 6.42 Å². The number of sulfonamides is 1. The van der Waals surface area contributed by atoms with Crippen LogP contribution < -0.4 is 5.32 Å². The number of thiophene rings is 1. The molecule has 1 amide bonds. The SMILES string of the molecule is C[C@H]1CNCCN1C(=O)Cc1ccc(S(=O)(=O)N2CCCCC2)s1. The van der Waals surface area contributed by atoms with Gasteiger partial charge in [-0.05, 0) is 31.9 Å². The Hall–Kier alpha value is -0.960. The highest BCUT2D eigenvalue weighted by molar-refractivity contribution is 7.91. The van der Waals surface area contributed by atoms with Crippen molar-refractivity contribution >= 4 is 27.3 Å². The minimum absolute atomic E-state index is 0.0766. The molecule has 0 aliphatic carbocycles. The van der Waals surface area contributed by atoms with Crippen molar-refractivity contribution in [3.05, 3.63) is 17.0 Å². The van der Waals surface area contributed by atoms with Crippen molar-refractivity contribution in [2.24, 2.45) is 0 Å². The number of rotatable bonds is 4. The van der Waals surface area contributed by atoms with Gasteiger partial charge in [0.15, 0.2) is 0 Å². The molecule has 1 atom stereocenters. The second kappa shape index (κ2) is 7.51. The van der Waals surface area contributed by atoms with Gasteiger partial charge in [-0.25, -0.2) is 8.42 Å². The van der Waals surface area contributed by atoms with Gasteiger partial charge >= 0.3 is 0 Å². The van der Waals surface area contributed by atoms with Gasteiger partial charge in [-0.2, -0.15) is 4.31 Å². The summed E-state index contributed by atoms with van der Waals surface area (Å²) in [6.07, 6.45) is 3.23. The largest absolute Gasteiger partial charge is 0.337 e. The zero-order valence-corrected chi connectivity index (χ0v) is 15.7. The lowest BCUT2D eigenvalue weighted by Gasteiger charge is -2.34. The molecule has 2 aliphatic rings. The molecule has 24 heavy (non-hydrogen) atoms. The molecule has 0 saturated carbocycles. The Kier molecular flexibility index (Phi) is 5.59. The van der Waals surface area contributed by atoms with E-state index in [4.69, 9.17) is 0 Å². The highest BCUT2D eigenvalue weighted by Crippen LogP contribution is 2.27. The van der Waals surface area contributed by atoms with Crippen LogP contribution in [0.4, 0.5) is 0 Å². The summed E-state index contributed by atoms with van der Waals surface area (Å²) in [4.78, 5) is 15.2. The van der Waals surface area contributed by atoms with Crippen molar-refractivity contribution < 1.29 is 13.2 Å². The lowest BCUT2D eigenvalue weighted by atomic mass is 10.2. The van der Waals surface area contributed by atoms with Crippen molar-refractivity contribution in [2.75, 3.05) is 32.7 Å². The Morgan fingerprint density at radius 2 is 2.00 bits per heavy atom. The van der Waals surface area contributed by atoms with Gasteiger partial charge in [-0.15, -0.1) is 11.3 Å². The Balaban J connectivity index is 1.67. The van der Waals surface area contributed by atoms with Crippen LogP contribution in [-0.4, -0.2) is 62.3 Å². The van der Waals surface area contributed by atoms with Crippen LogP contribution in [-0.2, 0) is 21.2 Å². The third-order valence-electron chi connectivity index (χ3n) is 4.69. The Morgan fingerprint density at radius 1 is 1.25 bits per heavy atom. The maximum Gasteiger partial charge on any atom is 0.252 e. The highest BCUT2D eigenvalue weighted by Gasteiger charge is 2.28. The standard InChI is InChI=1S/C16H25N3O3S2/c1-13-12-17-7-10-19(13)15(20)11-14-5-6-16(23-14)24(21,22)18-8-3-2-4-9-18/h5-6,13,17H,2-4,7-12H2,1H3/t13-/m0/s1. The molecule has 3 rings (SSSR count). The molecule has 6 nitrogen and oxygen atoms in total. The van der Waals surface area contributed by atoms with Crippen molar-refractivity contribution in [3.8, 4) is 0 Å². The number of carbonyl (C=O) groups is 1. The fourth-order valence-corrected chi connectivity index (χ4v) is 6.30. The van der Waals surface area contributed by atoms with E-state index in [0.717, 1.165) is 37.2 Å². The number of nitrogens with zero attached hydrogens (tertiary/aromatic N) is 2. The van der Waals surface area contributed by atoms with Crippen LogP contribution in [0.5, 0.6) is 0 Å². The molecular formula is C16H25N3O3S2. The van der Waals surface area contributed by atoms with E-state index in [1.807, 2.05) is 11.8 Å². The Labute approximate surface area is 147 Å². The average molecular weight is 372 g/mol. The van der Waals surface area contributed by atoms with E-state index in [0.29, 0.717) is 23.8 Å². The van der Waals surface area contributed by atoms with Gasteiger partial charge in [0.2, 0.25) is 5.91 Å². The molecule has 8 heteroatoms. The molecular weight excluding hydrogens is 346 g/mol. The van der Waals surface area contributed by atoms with Crippen molar-refractivity contribution in [1.29, 1.82) is 0 Å². The zero-order chi connectivity index (χ0) is 17.2. The second-order valence-electron chi connectivity index (χ2n) is 6.50. The summed E-state index contributed by atoms with van der Waals surface area (Å²) in [5, 5.41) is 3.27. The Morgan fingerprint density at radius 3 is 2.71 bits per heavy atom. The first-order valence-corrected chi connectivity index (χ1v) is 10.8. The lowest BCUT2D eigenvalue weighted by molar-refractivity contribution is -0.133. The average Bonchev–Trinajstić information content (AvgIpc) is 3.05. The normalized spacial score (nSPS) is 23.4. The molecule has 1 aromatic heterocycles. The van der Waals surface area contributed by atoms with Crippen molar-refractivity contribution in [1.82, 2.24) is 14.5 Å². The maximum absolute atomic E-state index is 12.7. The van der Waals surface area contributed by atoms with E-state index in [1.165, 1.54) is 11.3 Å². The minimum atomic E-state index is -3.40. The number of hydrogen-bond donors (Lipinski definition) is 1. The fraction of sp³-hybridized carbons (Fsp3) is 0.688. The van der Waals surface area contributed by atoms with Crippen LogP contribution in [0.25, 0.3) is 0 Å². The first-order chi connectivity index (χ1) is 11.5. The zero-order valence-electron chi connectivity index (χ0n) is 14.0. The quantitative estimate of drug-likeness (QED) is 0.866. The van der Waals surface area contributed by atoms with Gasteiger partial charge in [-0.3, -0.25) is 4.79 Å². The molecule has 3 heterocycles. The van der Waals surface area contributed by atoms with Crippen molar-refractivity contribution in [2.45, 2.75) is 42.9 Å². The number of piperazine rings is 1. The van der Waals surface area contributed by atoms with E-state index in [1.54, 1.807) is 16.4 Å². The molecule has 0 radical (unpaired) electrons. The summed E-state index contributed by atoms with van der Waals surface area (Å²) < 4.78 is 27.3. The van der Waals surface area contributed by atoms with Crippen LogP contribution in [0.15, 0.2) is 16.3 Å². The smallest absolute Gasteiger partial charge is 0.252 e. The predicted octanol–water partition coefficient (Wildman–Crippen LogP) is 1.29. The third-order valence-corrected chi connectivity index (χ3v) is 8.14. The fourth-order valence-electron chi connectivity index (χ4n) is 3.29. The first-order valence-electron chi connectivity index (χ1n) is 8.57. The van der Waals surface area contributed by atoms with Crippen LogP contribution in [0.2, 0.25) is 0 Å². The molecule has 2 fully saturated rings. The minimum Gasteiger partial charge on any atom is -0.337 e. The maximum atomic E-state index is 12.7. The van der Waals surface area contributed by atoms with E-state index in [-0.39, 0.29) is 18.4 Å². The van der Waals surface area contributed by atoms with Gasteiger partial charge in [0.25, 0.3) is 10.0 Å². The summed E-state index contributed by atoms with van der Waals surface area (Å²) in [6, 6.07) is 3.62. The van der Waals surface area contributed by atoms with Crippen molar-refractivity contribution in [3.63, 3.8) is 0 Å². The number of nitrogens with one attached hydrogen (secondary N) is 1. The van der Waals surface area contributed by atoms with Crippen LogP contribution >= 0.6 is 11.3 Å². The van der Waals surface area contributed by atoms with E-state index >= 15 is 0 Å².